The molecule has 0 radical (unpaired) electrons. The second-order valence-electron chi connectivity index (χ2n) is 7.55. The van der Waals surface area contributed by atoms with Gasteiger partial charge in [0.25, 0.3) is 0 Å². The molecule has 0 saturated carbocycles. The predicted octanol–water partition coefficient (Wildman–Crippen LogP) is 3.70. The summed E-state index contributed by atoms with van der Waals surface area (Å²) < 4.78 is 12.8. The van der Waals surface area contributed by atoms with Gasteiger partial charge in [-0.3, -0.25) is 9.58 Å². The molecule has 4 rings (SSSR count). The highest BCUT2D eigenvalue weighted by Gasteiger charge is 2.33. The predicted molar refractivity (Wildman–Crippen MR) is 120 cm³/mol. The van der Waals surface area contributed by atoms with Crippen molar-refractivity contribution in [3.8, 4) is 11.1 Å². The van der Waals surface area contributed by atoms with Crippen molar-refractivity contribution in [3.05, 3.63) is 72.4 Å². The van der Waals surface area contributed by atoms with Crippen LogP contribution >= 0.6 is 0 Å². The number of anilines is 1. The molecule has 7 nitrogen and oxygen atoms in total. The molecular weight excluding hydrogens is 392 g/mol. The number of hydrogen-bond donors (Lipinski definition) is 1. The zero-order valence-electron chi connectivity index (χ0n) is 17.7. The molecule has 0 unspecified atom stereocenters. The summed E-state index contributed by atoms with van der Waals surface area (Å²) in [6, 6.07) is 19.7. The number of nitrogens with zero attached hydrogens (tertiary/aromatic N) is 3. The molecule has 1 aromatic heterocycles. The highest BCUT2D eigenvalue weighted by Crippen LogP contribution is 2.32. The maximum Gasteiger partial charge on any atom is 0.416 e. The van der Waals surface area contributed by atoms with Gasteiger partial charge >= 0.3 is 6.09 Å². The van der Waals surface area contributed by atoms with Gasteiger partial charge in [-0.15, -0.1) is 0 Å². The fourth-order valence-corrected chi connectivity index (χ4v) is 3.77. The van der Waals surface area contributed by atoms with Crippen LogP contribution in [0, 0.1) is 0 Å². The molecule has 31 heavy (non-hydrogen) atoms. The molecular formula is C24H28N4O3. The van der Waals surface area contributed by atoms with E-state index in [1.807, 2.05) is 71.5 Å². The number of aromatic nitrogens is 2. The first-order valence-corrected chi connectivity index (χ1v) is 10.6. The summed E-state index contributed by atoms with van der Waals surface area (Å²) in [6.45, 7) is 2.93. The highest BCUT2D eigenvalue weighted by molar-refractivity contribution is 5.92. The van der Waals surface area contributed by atoms with E-state index in [9.17, 15) is 4.79 Å². The maximum absolute atomic E-state index is 13.3. The average Bonchev–Trinajstić information content (AvgIpc) is 3.49. The van der Waals surface area contributed by atoms with Crippen LogP contribution in [0.4, 0.5) is 10.6 Å². The zero-order chi connectivity index (χ0) is 21.5. The lowest BCUT2D eigenvalue weighted by Crippen LogP contribution is -2.42. The lowest BCUT2D eigenvalue weighted by atomic mass is 10.1. The summed E-state index contributed by atoms with van der Waals surface area (Å²) in [6.07, 6.45) is 2.44. The molecule has 1 amide bonds. The summed E-state index contributed by atoms with van der Waals surface area (Å²) in [5, 5.41) is 8.13. The quantitative estimate of drug-likeness (QED) is 0.602. The molecule has 2 heterocycles. The van der Waals surface area contributed by atoms with Crippen molar-refractivity contribution < 1.29 is 14.3 Å². The van der Waals surface area contributed by atoms with Crippen molar-refractivity contribution in [3.63, 3.8) is 0 Å². The van der Waals surface area contributed by atoms with Crippen LogP contribution in [0.15, 0.2) is 66.9 Å². The molecule has 0 spiro atoms. The third kappa shape index (κ3) is 5.13. The third-order valence-electron chi connectivity index (χ3n) is 5.38. The Morgan fingerprint density at radius 1 is 1.16 bits per heavy atom. The molecule has 7 heteroatoms. The van der Waals surface area contributed by atoms with Gasteiger partial charge in [-0.2, -0.15) is 5.10 Å². The lowest BCUT2D eigenvalue weighted by molar-refractivity contribution is 0.144. The van der Waals surface area contributed by atoms with E-state index < -0.39 is 0 Å². The Bertz CT molecular complexity index is 969. The number of ether oxygens (including phenoxy) is 2. The monoisotopic (exact) mass is 420 g/mol. The number of methoxy groups -OCH3 is 1. The van der Waals surface area contributed by atoms with Crippen LogP contribution in [-0.4, -0.2) is 48.7 Å². The summed E-state index contributed by atoms with van der Waals surface area (Å²) in [4.78, 5) is 15.0. The Balaban J connectivity index is 1.66. The minimum absolute atomic E-state index is 0.0171. The van der Waals surface area contributed by atoms with Gasteiger partial charge in [-0.25, -0.2) is 4.79 Å². The Morgan fingerprint density at radius 2 is 1.90 bits per heavy atom. The standard InChI is InChI=1S/C24H28N4O3/c1-30-15-14-27-17-22(20-10-6-3-7-11-20)23(26-27)28(21-12-13-25-16-21)24(29)31-18-19-8-4-2-5-9-19/h2-11,17,21,25H,12-16,18H2,1H3/t21-/m1/s1. The summed E-state index contributed by atoms with van der Waals surface area (Å²) in [5.74, 6) is 0.620. The third-order valence-corrected chi connectivity index (χ3v) is 5.38. The number of carbonyl (C=O) groups excluding carboxylic acids is 1. The van der Waals surface area contributed by atoms with E-state index in [1.54, 1.807) is 12.0 Å². The largest absolute Gasteiger partial charge is 0.444 e. The number of nitrogens with one attached hydrogen (secondary N) is 1. The summed E-state index contributed by atoms with van der Waals surface area (Å²) >= 11 is 0. The second-order valence-corrected chi connectivity index (χ2v) is 7.55. The molecule has 3 aromatic rings. The van der Waals surface area contributed by atoms with Crippen molar-refractivity contribution >= 4 is 11.9 Å². The Hall–Kier alpha value is -3.16. The molecule has 1 aliphatic rings. The summed E-state index contributed by atoms with van der Waals surface area (Å²) in [7, 11) is 1.67. The topological polar surface area (TPSA) is 68.6 Å². The van der Waals surface area contributed by atoms with Crippen LogP contribution < -0.4 is 10.2 Å². The molecule has 1 aliphatic heterocycles. The van der Waals surface area contributed by atoms with E-state index in [2.05, 4.69) is 5.32 Å². The number of benzene rings is 2. The van der Waals surface area contributed by atoms with Crippen LogP contribution in [0.25, 0.3) is 11.1 Å². The first-order valence-electron chi connectivity index (χ1n) is 10.6. The van der Waals surface area contributed by atoms with E-state index in [0.717, 1.165) is 29.7 Å². The molecule has 1 N–H and O–H groups in total. The lowest BCUT2D eigenvalue weighted by Gasteiger charge is -2.27. The normalized spacial score (nSPS) is 15.7. The van der Waals surface area contributed by atoms with Crippen LogP contribution in [0.5, 0.6) is 0 Å². The van der Waals surface area contributed by atoms with Crippen LogP contribution in [0.2, 0.25) is 0 Å². The average molecular weight is 421 g/mol. The zero-order valence-corrected chi connectivity index (χ0v) is 17.7. The van der Waals surface area contributed by atoms with E-state index >= 15 is 0 Å². The number of hydrogen-bond acceptors (Lipinski definition) is 5. The van der Waals surface area contributed by atoms with Crippen molar-refractivity contribution in [1.29, 1.82) is 0 Å². The fourth-order valence-electron chi connectivity index (χ4n) is 3.77. The van der Waals surface area contributed by atoms with Gasteiger partial charge in [0.15, 0.2) is 5.82 Å². The van der Waals surface area contributed by atoms with E-state index in [1.165, 1.54) is 0 Å². The molecule has 1 atom stereocenters. The molecule has 1 fully saturated rings. The van der Waals surface area contributed by atoms with Crippen molar-refractivity contribution in [2.45, 2.75) is 25.6 Å². The van der Waals surface area contributed by atoms with Gasteiger partial charge in [0.05, 0.1) is 19.2 Å². The first-order chi connectivity index (χ1) is 15.3. The van der Waals surface area contributed by atoms with Crippen molar-refractivity contribution in [1.82, 2.24) is 15.1 Å². The van der Waals surface area contributed by atoms with Gasteiger partial charge in [0.1, 0.15) is 6.61 Å². The number of rotatable bonds is 8. The Labute approximate surface area is 182 Å². The SMILES string of the molecule is COCCn1cc(-c2ccccc2)c(N(C(=O)OCc2ccccc2)[C@@H]2CCNC2)n1. The van der Waals surface area contributed by atoms with Crippen LogP contribution in [0.3, 0.4) is 0 Å². The van der Waals surface area contributed by atoms with E-state index in [4.69, 9.17) is 14.6 Å². The molecule has 0 aliphatic carbocycles. The minimum atomic E-state index is -0.383. The van der Waals surface area contributed by atoms with Gasteiger partial charge in [0.2, 0.25) is 0 Å². The first kappa shape index (κ1) is 21.1. The molecule has 0 bridgehead atoms. The summed E-state index contributed by atoms with van der Waals surface area (Å²) in [5.41, 5.74) is 2.86. The Kier molecular flexibility index (Phi) is 6.96. The van der Waals surface area contributed by atoms with Gasteiger partial charge < -0.3 is 14.8 Å². The minimum Gasteiger partial charge on any atom is -0.444 e. The Morgan fingerprint density at radius 3 is 2.58 bits per heavy atom. The van der Waals surface area contributed by atoms with E-state index in [-0.39, 0.29) is 18.7 Å². The number of amides is 1. The fraction of sp³-hybridized carbons (Fsp3) is 0.333. The van der Waals surface area contributed by atoms with E-state index in [0.29, 0.717) is 25.5 Å². The van der Waals surface area contributed by atoms with Crippen molar-refractivity contribution in [2.75, 3.05) is 31.7 Å². The molecule has 1 saturated heterocycles. The smallest absolute Gasteiger partial charge is 0.416 e. The van der Waals surface area contributed by atoms with Crippen LogP contribution in [0.1, 0.15) is 12.0 Å². The van der Waals surface area contributed by atoms with Crippen LogP contribution in [-0.2, 0) is 22.6 Å². The van der Waals surface area contributed by atoms with Crippen molar-refractivity contribution in [2.24, 2.45) is 0 Å². The molecule has 2 aromatic carbocycles. The van der Waals surface area contributed by atoms with Gasteiger partial charge in [0, 0.05) is 25.4 Å². The van der Waals surface area contributed by atoms with Gasteiger partial charge in [-0.1, -0.05) is 60.7 Å². The van der Waals surface area contributed by atoms with Gasteiger partial charge in [-0.05, 0) is 24.1 Å². The number of carbonyl (C=O) groups is 1. The highest BCUT2D eigenvalue weighted by atomic mass is 16.6. The molecule has 162 valence electrons. The second kappa shape index (κ2) is 10.2. The maximum atomic E-state index is 13.3.